The van der Waals surface area contributed by atoms with Crippen molar-refractivity contribution in [2.75, 3.05) is 6.54 Å². The van der Waals surface area contributed by atoms with Gasteiger partial charge in [0.15, 0.2) is 0 Å². The van der Waals surface area contributed by atoms with Gasteiger partial charge in [0.2, 0.25) is 0 Å². The fourth-order valence-corrected chi connectivity index (χ4v) is 2.37. The minimum atomic E-state index is -0.369. The van der Waals surface area contributed by atoms with Gasteiger partial charge in [0.25, 0.3) is 0 Å². The van der Waals surface area contributed by atoms with E-state index in [1.54, 1.807) is 0 Å². The summed E-state index contributed by atoms with van der Waals surface area (Å²) < 4.78 is 5.28. The van der Waals surface area contributed by atoms with Gasteiger partial charge in [-0.1, -0.05) is 13.8 Å². The van der Waals surface area contributed by atoms with Gasteiger partial charge >= 0.3 is 5.97 Å². The number of esters is 1. The molecule has 3 heteroatoms. The first kappa shape index (κ1) is 15.5. The molecule has 3 nitrogen and oxygen atoms in total. The molecule has 1 rings (SSSR count). The Morgan fingerprint density at radius 3 is 2.33 bits per heavy atom. The molecule has 0 aromatic rings. The van der Waals surface area contributed by atoms with Crippen molar-refractivity contribution in [1.82, 2.24) is 5.32 Å². The maximum absolute atomic E-state index is 11.5. The van der Waals surface area contributed by atoms with E-state index >= 15 is 0 Å². The molecule has 0 aromatic heterocycles. The van der Waals surface area contributed by atoms with Crippen LogP contribution in [0.25, 0.3) is 0 Å². The molecular weight excluding hydrogens is 226 g/mol. The van der Waals surface area contributed by atoms with Gasteiger partial charge in [0, 0.05) is 12.6 Å². The largest absolute Gasteiger partial charge is 0.460 e. The molecule has 0 spiro atoms. The molecule has 106 valence electrons. The van der Waals surface area contributed by atoms with E-state index in [2.05, 4.69) is 19.2 Å². The van der Waals surface area contributed by atoms with Crippen LogP contribution in [-0.2, 0) is 9.53 Å². The van der Waals surface area contributed by atoms with E-state index in [9.17, 15) is 4.79 Å². The first-order chi connectivity index (χ1) is 8.18. The molecule has 1 aliphatic carbocycles. The third-order valence-electron chi connectivity index (χ3n) is 3.52. The van der Waals surface area contributed by atoms with Gasteiger partial charge < -0.3 is 10.1 Å². The molecule has 1 aliphatic rings. The topological polar surface area (TPSA) is 38.3 Å². The van der Waals surface area contributed by atoms with Crippen LogP contribution in [-0.4, -0.2) is 24.2 Å². The third-order valence-corrected chi connectivity index (χ3v) is 3.52. The first-order valence-corrected chi connectivity index (χ1v) is 7.13. The van der Waals surface area contributed by atoms with Crippen LogP contribution in [0.2, 0.25) is 0 Å². The Labute approximate surface area is 112 Å². The second-order valence-electron chi connectivity index (χ2n) is 7.23. The van der Waals surface area contributed by atoms with Gasteiger partial charge in [0.1, 0.15) is 5.60 Å². The van der Waals surface area contributed by atoms with E-state index in [0.29, 0.717) is 17.9 Å². The molecule has 0 aliphatic heterocycles. The van der Waals surface area contributed by atoms with E-state index in [1.165, 1.54) is 25.7 Å². The Bertz CT molecular complexity index is 269. The molecule has 0 atom stereocenters. The normalized spacial score (nSPS) is 20.7. The number of ether oxygens (including phenoxy) is 1. The van der Waals surface area contributed by atoms with Crippen molar-refractivity contribution in [2.45, 2.75) is 78.4 Å². The lowest BCUT2D eigenvalue weighted by Crippen LogP contribution is -2.37. The fraction of sp³-hybridized carbons (Fsp3) is 0.933. The van der Waals surface area contributed by atoms with Crippen LogP contribution in [0.3, 0.4) is 0 Å². The van der Waals surface area contributed by atoms with E-state index in [4.69, 9.17) is 4.74 Å². The Morgan fingerprint density at radius 2 is 1.83 bits per heavy atom. The number of rotatable bonds is 4. The first-order valence-electron chi connectivity index (χ1n) is 7.13. The second kappa shape index (κ2) is 6.05. The van der Waals surface area contributed by atoms with Crippen LogP contribution >= 0.6 is 0 Å². The summed E-state index contributed by atoms with van der Waals surface area (Å²) in [7, 11) is 0. The van der Waals surface area contributed by atoms with Crippen LogP contribution < -0.4 is 5.32 Å². The molecular formula is C15H29NO2. The van der Waals surface area contributed by atoms with Crippen molar-refractivity contribution in [3.05, 3.63) is 0 Å². The molecule has 1 fully saturated rings. The number of carbonyl (C=O) groups is 1. The summed E-state index contributed by atoms with van der Waals surface area (Å²) in [5.41, 5.74) is 0.134. The highest BCUT2D eigenvalue weighted by atomic mass is 16.6. The molecule has 0 unspecified atom stereocenters. The van der Waals surface area contributed by atoms with Crippen LogP contribution in [0.5, 0.6) is 0 Å². The summed E-state index contributed by atoms with van der Waals surface area (Å²) in [5.74, 6) is -0.105. The van der Waals surface area contributed by atoms with Gasteiger partial charge in [-0.25, -0.2) is 0 Å². The standard InChI is InChI=1S/C15H29NO2/c1-14(2,3)18-13(17)8-11-16-12-6-9-15(4,5)10-7-12/h12,16H,6-11H2,1-5H3. The monoisotopic (exact) mass is 255 g/mol. The highest BCUT2D eigenvalue weighted by Gasteiger charge is 2.26. The van der Waals surface area contributed by atoms with E-state index < -0.39 is 0 Å². The Kier molecular flexibility index (Phi) is 5.20. The van der Waals surface area contributed by atoms with E-state index in [1.807, 2.05) is 20.8 Å². The number of nitrogens with one attached hydrogen (secondary N) is 1. The van der Waals surface area contributed by atoms with Gasteiger partial charge in [-0.3, -0.25) is 4.79 Å². The maximum Gasteiger partial charge on any atom is 0.307 e. The lowest BCUT2D eigenvalue weighted by atomic mass is 9.75. The van der Waals surface area contributed by atoms with Gasteiger partial charge in [-0.15, -0.1) is 0 Å². The maximum atomic E-state index is 11.5. The van der Waals surface area contributed by atoms with Crippen molar-refractivity contribution in [3.63, 3.8) is 0 Å². The van der Waals surface area contributed by atoms with E-state index in [0.717, 1.165) is 6.54 Å². The van der Waals surface area contributed by atoms with Crippen LogP contribution in [0.1, 0.15) is 66.7 Å². The molecule has 0 heterocycles. The van der Waals surface area contributed by atoms with Crippen LogP contribution in [0, 0.1) is 5.41 Å². The zero-order valence-electron chi connectivity index (χ0n) is 12.6. The van der Waals surface area contributed by atoms with Gasteiger partial charge in [-0.05, 0) is 51.9 Å². The highest BCUT2D eigenvalue weighted by Crippen LogP contribution is 2.34. The fourth-order valence-electron chi connectivity index (χ4n) is 2.37. The number of hydrogen-bond donors (Lipinski definition) is 1. The summed E-state index contributed by atoms with van der Waals surface area (Å²) in [4.78, 5) is 11.5. The average molecular weight is 255 g/mol. The summed E-state index contributed by atoms with van der Waals surface area (Å²) in [6.07, 6.45) is 5.47. The molecule has 0 amide bonds. The van der Waals surface area contributed by atoms with Crippen LogP contribution in [0.4, 0.5) is 0 Å². The summed E-state index contributed by atoms with van der Waals surface area (Å²) in [6, 6.07) is 0.584. The summed E-state index contributed by atoms with van der Waals surface area (Å²) in [5, 5.41) is 3.48. The lowest BCUT2D eigenvalue weighted by molar-refractivity contribution is -0.154. The minimum absolute atomic E-state index is 0.105. The van der Waals surface area contributed by atoms with Crippen molar-refractivity contribution in [2.24, 2.45) is 5.41 Å². The van der Waals surface area contributed by atoms with Crippen molar-refractivity contribution in [3.8, 4) is 0 Å². The highest BCUT2D eigenvalue weighted by molar-refractivity contribution is 5.70. The van der Waals surface area contributed by atoms with Gasteiger partial charge in [0.05, 0.1) is 6.42 Å². The van der Waals surface area contributed by atoms with Gasteiger partial charge in [-0.2, -0.15) is 0 Å². The molecule has 0 saturated heterocycles. The number of hydrogen-bond acceptors (Lipinski definition) is 3. The third kappa shape index (κ3) is 6.39. The van der Waals surface area contributed by atoms with E-state index in [-0.39, 0.29) is 11.6 Å². The molecule has 1 N–H and O–H groups in total. The Hall–Kier alpha value is -0.570. The predicted octanol–water partition coefficient (Wildman–Crippen LogP) is 3.28. The molecule has 18 heavy (non-hydrogen) atoms. The zero-order chi connectivity index (χ0) is 13.8. The van der Waals surface area contributed by atoms with Crippen molar-refractivity contribution >= 4 is 5.97 Å². The molecule has 0 radical (unpaired) electrons. The quantitative estimate of drug-likeness (QED) is 0.783. The molecule has 0 aromatic carbocycles. The minimum Gasteiger partial charge on any atom is -0.460 e. The number of carbonyl (C=O) groups excluding carboxylic acids is 1. The lowest BCUT2D eigenvalue weighted by Gasteiger charge is -2.34. The summed E-state index contributed by atoms with van der Waals surface area (Å²) in [6.45, 7) is 11.1. The Balaban J connectivity index is 2.14. The Morgan fingerprint density at radius 1 is 1.28 bits per heavy atom. The van der Waals surface area contributed by atoms with Crippen molar-refractivity contribution in [1.29, 1.82) is 0 Å². The van der Waals surface area contributed by atoms with Crippen LogP contribution in [0.15, 0.2) is 0 Å². The predicted molar refractivity (Wildman–Crippen MR) is 74.5 cm³/mol. The zero-order valence-corrected chi connectivity index (χ0v) is 12.6. The molecule has 0 bridgehead atoms. The average Bonchev–Trinajstić information content (AvgIpc) is 2.18. The second-order valence-corrected chi connectivity index (χ2v) is 7.23. The van der Waals surface area contributed by atoms with Crippen molar-refractivity contribution < 1.29 is 9.53 Å². The summed E-state index contributed by atoms with van der Waals surface area (Å²) >= 11 is 0. The smallest absolute Gasteiger partial charge is 0.307 e. The SMILES string of the molecule is CC1(C)CCC(NCCC(=O)OC(C)(C)C)CC1. The molecule has 1 saturated carbocycles.